The van der Waals surface area contributed by atoms with Crippen molar-refractivity contribution in [1.29, 1.82) is 0 Å². The first kappa shape index (κ1) is 16.1. The number of benzene rings is 1. The molecule has 0 aliphatic heterocycles. The quantitative estimate of drug-likeness (QED) is 0.311. The number of nitrogens with zero attached hydrogens (tertiary/aromatic N) is 1. The van der Waals surface area contributed by atoms with Crippen LogP contribution in [-0.4, -0.2) is 17.0 Å². The molecule has 1 atom stereocenters. The number of ether oxygens (including phenoxy) is 1. The summed E-state index contributed by atoms with van der Waals surface area (Å²) in [5.41, 5.74) is 0.120. The molecule has 0 heterocycles. The molecule has 0 unspecified atom stereocenters. The van der Waals surface area contributed by atoms with Gasteiger partial charge in [-0.1, -0.05) is 32.3 Å². The van der Waals surface area contributed by atoms with Crippen molar-refractivity contribution in [2.45, 2.75) is 52.1 Å². The van der Waals surface area contributed by atoms with Crippen molar-refractivity contribution >= 4 is 11.7 Å². The molecule has 0 N–H and O–H groups in total. The van der Waals surface area contributed by atoms with Crippen molar-refractivity contribution in [2.75, 3.05) is 0 Å². The first-order valence-corrected chi connectivity index (χ1v) is 7.00. The summed E-state index contributed by atoms with van der Waals surface area (Å²) < 4.78 is 5.29. The highest BCUT2D eigenvalue weighted by molar-refractivity contribution is 5.90. The Labute approximate surface area is 119 Å². The minimum absolute atomic E-state index is 0.102. The molecule has 1 rings (SSSR count). The molecule has 0 amide bonds. The fourth-order valence-electron chi connectivity index (χ4n) is 1.91. The van der Waals surface area contributed by atoms with Crippen molar-refractivity contribution in [3.8, 4) is 0 Å². The number of hydrogen-bond acceptors (Lipinski definition) is 4. The van der Waals surface area contributed by atoms with Crippen LogP contribution in [0.25, 0.3) is 0 Å². The number of nitro groups is 1. The molecule has 0 bridgehead atoms. The van der Waals surface area contributed by atoms with Gasteiger partial charge in [0.05, 0.1) is 16.6 Å². The summed E-state index contributed by atoms with van der Waals surface area (Å²) in [5.74, 6) is -0.503. The van der Waals surface area contributed by atoms with Crippen LogP contribution in [0.3, 0.4) is 0 Å². The van der Waals surface area contributed by atoms with Crippen LogP contribution in [0.1, 0.15) is 56.3 Å². The van der Waals surface area contributed by atoms with E-state index in [1.54, 1.807) is 0 Å². The molecule has 5 nitrogen and oxygen atoms in total. The van der Waals surface area contributed by atoms with Gasteiger partial charge < -0.3 is 4.74 Å². The number of carbonyl (C=O) groups excluding carboxylic acids is 1. The Bertz CT molecular complexity index is 459. The molecule has 1 aromatic carbocycles. The van der Waals surface area contributed by atoms with Crippen LogP contribution >= 0.6 is 0 Å². The zero-order chi connectivity index (χ0) is 15.0. The molecular formula is C15H21NO4. The second-order valence-electron chi connectivity index (χ2n) is 4.87. The molecule has 0 fully saturated rings. The van der Waals surface area contributed by atoms with Crippen LogP contribution in [0.15, 0.2) is 24.3 Å². The molecule has 0 aliphatic rings. The van der Waals surface area contributed by atoms with Crippen molar-refractivity contribution in [2.24, 2.45) is 0 Å². The molecule has 20 heavy (non-hydrogen) atoms. The zero-order valence-electron chi connectivity index (χ0n) is 12.0. The lowest BCUT2D eigenvalue weighted by Crippen LogP contribution is -2.15. The number of non-ortho nitro benzene ring substituents is 1. The predicted molar refractivity (Wildman–Crippen MR) is 76.7 cm³/mol. The second-order valence-corrected chi connectivity index (χ2v) is 4.87. The second kappa shape index (κ2) is 8.30. The van der Waals surface area contributed by atoms with E-state index in [1.807, 2.05) is 6.92 Å². The van der Waals surface area contributed by atoms with Crippen LogP contribution < -0.4 is 0 Å². The number of esters is 1. The summed E-state index contributed by atoms with van der Waals surface area (Å²) >= 11 is 0. The maximum atomic E-state index is 11.9. The number of carbonyl (C=O) groups is 1. The zero-order valence-corrected chi connectivity index (χ0v) is 12.0. The first-order chi connectivity index (χ1) is 9.54. The first-order valence-electron chi connectivity index (χ1n) is 7.00. The van der Waals surface area contributed by atoms with E-state index in [-0.39, 0.29) is 17.4 Å². The van der Waals surface area contributed by atoms with Crippen LogP contribution in [0.5, 0.6) is 0 Å². The average molecular weight is 279 g/mol. The smallest absolute Gasteiger partial charge is 0.338 e. The van der Waals surface area contributed by atoms with Gasteiger partial charge in [-0.2, -0.15) is 0 Å². The largest absolute Gasteiger partial charge is 0.459 e. The van der Waals surface area contributed by atoms with Gasteiger partial charge in [-0.05, 0) is 25.8 Å². The number of nitro benzene ring substituents is 1. The Morgan fingerprint density at radius 3 is 2.75 bits per heavy atom. The van der Waals surface area contributed by atoms with Crippen molar-refractivity contribution in [3.63, 3.8) is 0 Å². The van der Waals surface area contributed by atoms with E-state index in [9.17, 15) is 14.9 Å². The molecule has 110 valence electrons. The number of rotatable bonds is 8. The van der Waals surface area contributed by atoms with Gasteiger partial charge in [0.1, 0.15) is 0 Å². The third-order valence-corrected chi connectivity index (χ3v) is 3.07. The van der Waals surface area contributed by atoms with Crippen molar-refractivity contribution < 1.29 is 14.5 Å². The number of hydrogen-bond donors (Lipinski definition) is 0. The summed E-state index contributed by atoms with van der Waals surface area (Å²) in [6.07, 6.45) is 5.17. The highest BCUT2D eigenvalue weighted by Gasteiger charge is 2.15. The van der Waals surface area contributed by atoms with Gasteiger partial charge in [0.15, 0.2) is 0 Å². The van der Waals surface area contributed by atoms with E-state index in [4.69, 9.17) is 4.74 Å². The van der Waals surface area contributed by atoms with Gasteiger partial charge in [0, 0.05) is 12.1 Å². The Kier molecular flexibility index (Phi) is 6.70. The van der Waals surface area contributed by atoms with Crippen molar-refractivity contribution in [3.05, 3.63) is 39.9 Å². The predicted octanol–water partition coefficient (Wildman–Crippen LogP) is 4.11. The van der Waals surface area contributed by atoms with E-state index in [0.717, 1.165) is 19.3 Å². The maximum Gasteiger partial charge on any atom is 0.338 e. The lowest BCUT2D eigenvalue weighted by atomic mass is 10.1. The summed E-state index contributed by atoms with van der Waals surface area (Å²) in [6, 6.07) is 5.61. The summed E-state index contributed by atoms with van der Waals surface area (Å²) in [6.45, 7) is 3.99. The van der Waals surface area contributed by atoms with Gasteiger partial charge in [-0.3, -0.25) is 10.1 Å². The minimum Gasteiger partial charge on any atom is -0.459 e. The van der Waals surface area contributed by atoms with E-state index in [2.05, 4.69) is 6.92 Å². The summed E-state index contributed by atoms with van der Waals surface area (Å²) in [5, 5.41) is 10.7. The van der Waals surface area contributed by atoms with Gasteiger partial charge in [0.2, 0.25) is 0 Å². The molecule has 0 radical (unpaired) electrons. The van der Waals surface area contributed by atoms with Gasteiger partial charge >= 0.3 is 5.97 Å². The Morgan fingerprint density at radius 1 is 1.35 bits per heavy atom. The SMILES string of the molecule is CCCCCC[C@H](C)OC(=O)c1cccc([N+](=O)[O-])c1. The van der Waals surface area contributed by atoms with Crippen molar-refractivity contribution in [1.82, 2.24) is 0 Å². The Hall–Kier alpha value is -1.91. The molecule has 0 aliphatic carbocycles. The molecule has 0 spiro atoms. The standard InChI is InChI=1S/C15H21NO4/c1-3-4-5-6-8-12(2)20-15(17)13-9-7-10-14(11-13)16(18)19/h7,9-12H,3-6,8H2,1-2H3/t12-/m0/s1. The van der Waals surface area contributed by atoms with Crippen LogP contribution in [0.2, 0.25) is 0 Å². The lowest BCUT2D eigenvalue weighted by molar-refractivity contribution is -0.384. The van der Waals surface area contributed by atoms with E-state index < -0.39 is 10.9 Å². The molecule has 0 aromatic heterocycles. The third kappa shape index (κ3) is 5.38. The maximum absolute atomic E-state index is 11.9. The Morgan fingerprint density at radius 2 is 2.10 bits per heavy atom. The van der Waals surface area contributed by atoms with E-state index in [1.165, 1.54) is 37.1 Å². The highest BCUT2D eigenvalue weighted by Crippen LogP contribution is 2.15. The fraction of sp³-hybridized carbons (Fsp3) is 0.533. The summed E-state index contributed by atoms with van der Waals surface area (Å²) in [4.78, 5) is 22.0. The van der Waals surface area contributed by atoms with Gasteiger partial charge in [-0.25, -0.2) is 4.79 Å². The Balaban J connectivity index is 2.49. The average Bonchev–Trinajstić information content (AvgIpc) is 2.43. The molecular weight excluding hydrogens is 258 g/mol. The minimum atomic E-state index is -0.523. The van der Waals surface area contributed by atoms with Gasteiger partial charge in [-0.15, -0.1) is 0 Å². The van der Waals surface area contributed by atoms with Gasteiger partial charge in [0.25, 0.3) is 5.69 Å². The fourth-order valence-corrected chi connectivity index (χ4v) is 1.91. The molecule has 0 saturated heterocycles. The summed E-state index contributed by atoms with van der Waals surface area (Å²) in [7, 11) is 0. The van der Waals surface area contributed by atoms with Crippen LogP contribution in [0.4, 0.5) is 5.69 Å². The molecule has 5 heteroatoms. The van der Waals surface area contributed by atoms with Crippen LogP contribution in [-0.2, 0) is 4.74 Å². The number of unbranched alkanes of at least 4 members (excludes halogenated alkanes) is 3. The molecule has 0 saturated carbocycles. The highest BCUT2D eigenvalue weighted by atomic mass is 16.6. The lowest BCUT2D eigenvalue weighted by Gasteiger charge is -2.13. The van der Waals surface area contributed by atoms with E-state index >= 15 is 0 Å². The third-order valence-electron chi connectivity index (χ3n) is 3.07. The van der Waals surface area contributed by atoms with Crippen LogP contribution in [0, 0.1) is 10.1 Å². The monoisotopic (exact) mass is 279 g/mol. The van der Waals surface area contributed by atoms with E-state index in [0.29, 0.717) is 0 Å². The topological polar surface area (TPSA) is 69.4 Å². The normalized spacial score (nSPS) is 11.9. The molecule has 1 aromatic rings.